The number of nitrogens with zero attached hydrogens (tertiary/aromatic N) is 1. The fourth-order valence-corrected chi connectivity index (χ4v) is 3.03. The van der Waals surface area contributed by atoms with Gasteiger partial charge in [-0.15, -0.1) is 0 Å². The van der Waals surface area contributed by atoms with E-state index in [2.05, 4.69) is 53.1 Å². The number of rotatable bonds is 8. The highest BCUT2D eigenvalue weighted by Crippen LogP contribution is 2.19. The van der Waals surface area contributed by atoms with Gasteiger partial charge in [0.05, 0.1) is 0 Å². The highest BCUT2D eigenvalue weighted by Gasteiger charge is 2.23. The number of amides is 1. The van der Waals surface area contributed by atoms with Gasteiger partial charge in [-0.2, -0.15) is 11.1 Å². The van der Waals surface area contributed by atoms with E-state index in [9.17, 15) is 4.79 Å². The molecule has 1 saturated heterocycles. The standard InChI is InChI=1S/C21H27N5O/c1-2-3-15-26(16-9-12-17-10-5-4-6-11-17)21(27)19-14-8-7-13-18(19)20-22-24-25-23-20/h4-14,20,22-25H,2-3,15-16H2,1H3/b12-9+. The minimum Gasteiger partial charge on any atom is -0.335 e. The molecule has 0 atom stereocenters. The van der Waals surface area contributed by atoms with Crippen molar-refractivity contribution >= 4 is 12.0 Å². The molecule has 2 aromatic rings. The second kappa shape index (κ2) is 9.99. The zero-order valence-corrected chi connectivity index (χ0v) is 15.6. The zero-order chi connectivity index (χ0) is 18.9. The van der Waals surface area contributed by atoms with Crippen molar-refractivity contribution in [2.24, 2.45) is 0 Å². The van der Waals surface area contributed by atoms with Gasteiger partial charge >= 0.3 is 0 Å². The quantitative estimate of drug-likeness (QED) is 0.579. The summed E-state index contributed by atoms with van der Waals surface area (Å²) in [5.41, 5.74) is 14.5. The second-order valence-electron chi connectivity index (χ2n) is 6.48. The van der Waals surface area contributed by atoms with Crippen molar-refractivity contribution in [2.45, 2.75) is 25.9 Å². The average Bonchev–Trinajstić information content (AvgIpc) is 3.25. The minimum atomic E-state index is -0.168. The fourth-order valence-electron chi connectivity index (χ4n) is 3.03. The summed E-state index contributed by atoms with van der Waals surface area (Å²) in [6, 6.07) is 17.8. The van der Waals surface area contributed by atoms with Gasteiger partial charge < -0.3 is 4.90 Å². The first-order valence-corrected chi connectivity index (χ1v) is 9.40. The lowest BCUT2D eigenvalue weighted by atomic mass is 10.0. The van der Waals surface area contributed by atoms with Gasteiger partial charge in [-0.1, -0.05) is 74.0 Å². The number of carbonyl (C=O) groups excluding carboxylic acids is 1. The molecule has 6 heteroatoms. The van der Waals surface area contributed by atoms with Crippen LogP contribution < -0.4 is 21.9 Å². The SMILES string of the molecule is CCCCN(C/C=C/c1ccccc1)C(=O)c1ccccc1C1NNNN1. The number of hydrazine groups is 3. The fraction of sp³-hybridized carbons (Fsp3) is 0.286. The Morgan fingerprint density at radius 2 is 1.74 bits per heavy atom. The molecule has 0 aromatic heterocycles. The topological polar surface area (TPSA) is 68.4 Å². The Kier molecular flexibility index (Phi) is 7.12. The maximum Gasteiger partial charge on any atom is 0.254 e. The second-order valence-corrected chi connectivity index (χ2v) is 6.48. The van der Waals surface area contributed by atoms with Gasteiger partial charge in [-0.25, -0.2) is 10.9 Å². The summed E-state index contributed by atoms with van der Waals surface area (Å²) < 4.78 is 0. The van der Waals surface area contributed by atoms with Crippen molar-refractivity contribution in [3.63, 3.8) is 0 Å². The summed E-state index contributed by atoms with van der Waals surface area (Å²) >= 11 is 0. The van der Waals surface area contributed by atoms with Gasteiger partial charge in [0, 0.05) is 18.7 Å². The smallest absolute Gasteiger partial charge is 0.254 e. The van der Waals surface area contributed by atoms with Gasteiger partial charge in [0.2, 0.25) is 0 Å². The molecule has 3 rings (SSSR count). The number of nitrogens with one attached hydrogen (secondary N) is 4. The molecule has 4 N–H and O–H groups in total. The lowest BCUT2D eigenvalue weighted by Crippen LogP contribution is -2.34. The van der Waals surface area contributed by atoms with Gasteiger partial charge in [0.15, 0.2) is 0 Å². The molecular weight excluding hydrogens is 338 g/mol. The molecule has 0 saturated carbocycles. The molecule has 0 unspecified atom stereocenters. The summed E-state index contributed by atoms with van der Waals surface area (Å²) in [4.78, 5) is 15.2. The van der Waals surface area contributed by atoms with Gasteiger partial charge in [-0.3, -0.25) is 4.79 Å². The summed E-state index contributed by atoms with van der Waals surface area (Å²) in [6.07, 6.45) is 5.98. The van der Waals surface area contributed by atoms with Crippen LogP contribution in [0.15, 0.2) is 60.7 Å². The van der Waals surface area contributed by atoms with Crippen LogP contribution in [0.1, 0.15) is 47.4 Å². The van der Waals surface area contributed by atoms with E-state index in [0.717, 1.165) is 30.5 Å². The van der Waals surface area contributed by atoms with Crippen LogP contribution in [0, 0.1) is 0 Å². The Hall–Kier alpha value is -2.51. The Morgan fingerprint density at radius 1 is 1.04 bits per heavy atom. The molecule has 142 valence electrons. The Morgan fingerprint density at radius 3 is 2.48 bits per heavy atom. The third kappa shape index (κ3) is 5.24. The van der Waals surface area contributed by atoms with Crippen molar-refractivity contribution in [3.8, 4) is 0 Å². The highest BCUT2D eigenvalue weighted by atomic mass is 16.2. The molecule has 0 radical (unpaired) electrons. The third-order valence-electron chi connectivity index (χ3n) is 4.50. The number of hydrogen-bond donors (Lipinski definition) is 4. The van der Waals surface area contributed by atoms with Crippen molar-refractivity contribution in [1.82, 2.24) is 26.8 Å². The van der Waals surface area contributed by atoms with Crippen molar-refractivity contribution in [3.05, 3.63) is 77.4 Å². The number of benzene rings is 2. The van der Waals surface area contributed by atoms with Crippen molar-refractivity contribution < 1.29 is 4.79 Å². The summed E-state index contributed by atoms with van der Waals surface area (Å²) in [6.45, 7) is 3.47. The first-order chi connectivity index (χ1) is 13.3. The van der Waals surface area contributed by atoms with E-state index in [1.54, 1.807) is 0 Å². The summed E-state index contributed by atoms with van der Waals surface area (Å²) in [7, 11) is 0. The molecule has 1 amide bonds. The molecule has 1 aliphatic rings. The number of unbranched alkanes of at least 4 members (excludes halogenated alkanes) is 1. The maximum absolute atomic E-state index is 13.3. The predicted molar refractivity (Wildman–Crippen MR) is 108 cm³/mol. The van der Waals surface area contributed by atoms with E-state index in [4.69, 9.17) is 0 Å². The van der Waals surface area contributed by atoms with Crippen LogP contribution in [0.4, 0.5) is 0 Å². The molecule has 27 heavy (non-hydrogen) atoms. The lowest BCUT2D eigenvalue weighted by molar-refractivity contribution is 0.0770. The van der Waals surface area contributed by atoms with Gasteiger partial charge in [0.25, 0.3) is 5.91 Å². The van der Waals surface area contributed by atoms with E-state index >= 15 is 0 Å². The molecule has 1 heterocycles. The van der Waals surface area contributed by atoms with Crippen LogP contribution in [0.2, 0.25) is 0 Å². The zero-order valence-electron chi connectivity index (χ0n) is 15.6. The van der Waals surface area contributed by atoms with Crippen LogP contribution in [0.5, 0.6) is 0 Å². The van der Waals surface area contributed by atoms with E-state index in [-0.39, 0.29) is 12.1 Å². The predicted octanol–water partition coefficient (Wildman–Crippen LogP) is 2.76. The molecular formula is C21H27N5O. The third-order valence-corrected chi connectivity index (χ3v) is 4.50. The van der Waals surface area contributed by atoms with E-state index < -0.39 is 0 Å². The van der Waals surface area contributed by atoms with Crippen LogP contribution in [0.3, 0.4) is 0 Å². The Labute approximate surface area is 160 Å². The van der Waals surface area contributed by atoms with Crippen LogP contribution >= 0.6 is 0 Å². The first kappa shape index (κ1) is 19.3. The summed E-state index contributed by atoms with van der Waals surface area (Å²) in [5.74, 6) is 0.0484. The minimum absolute atomic E-state index is 0.0484. The largest absolute Gasteiger partial charge is 0.335 e. The number of hydrogen-bond acceptors (Lipinski definition) is 5. The normalized spacial score (nSPS) is 14.7. The van der Waals surface area contributed by atoms with Gasteiger partial charge in [0.1, 0.15) is 6.17 Å². The van der Waals surface area contributed by atoms with Gasteiger partial charge in [-0.05, 0) is 23.6 Å². The number of carbonyl (C=O) groups is 1. The molecule has 1 fully saturated rings. The monoisotopic (exact) mass is 365 g/mol. The first-order valence-electron chi connectivity index (χ1n) is 9.40. The lowest BCUT2D eigenvalue weighted by Gasteiger charge is -2.23. The van der Waals surface area contributed by atoms with Crippen LogP contribution in [-0.2, 0) is 0 Å². The average molecular weight is 365 g/mol. The molecule has 1 aliphatic heterocycles. The molecule has 0 bridgehead atoms. The van der Waals surface area contributed by atoms with Crippen LogP contribution in [-0.4, -0.2) is 23.9 Å². The highest BCUT2D eigenvalue weighted by molar-refractivity contribution is 5.96. The van der Waals surface area contributed by atoms with Crippen LogP contribution in [0.25, 0.3) is 6.08 Å². The molecule has 6 nitrogen and oxygen atoms in total. The maximum atomic E-state index is 13.3. The molecule has 0 spiro atoms. The molecule has 0 aliphatic carbocycles. The van der Waals surface area contributed by atoms with Crippen molar-refractivity contribution in [2.75, 3.05) is 13.1 Å². The molecule has 2 aromatic carbocycles. The Bertz CT molecular complexity index is 756. The van der Waals surface area contributed by atoms with E-state index in [0.29, 0.717) is 12.1 Å². The summed E-state index contributed by atoms with van der Waals surface area (Å²) in [5, 5.41) is 0. The van der Waals surface area contributed by atoms with Crippen molar-refractivity contribution in [1.29, 1.82) is 0 Å². The van der Waals surface area contributed by atoms with E-state index in [1.165, 1.54) is 0 Å². The Balaban J connectivity index is 1.76. The van der Waals surface area contributed by atoms with E-state index in [1.807, 2.05) is 47.4 Å².